The summed E-state index contributed by atoms with van der Waals surface area (Å²) in [5.74, 6) is -0.398. The Bertz CT molecular complexity index is 328. The van der Waals surface area contributed by atoms with E-state index in [9.17, 15) is 4.79 Å². The Hall–Kier alpha value is -1.57. The molecular weight excluding hydrogens is 188 g/mol. The molecule has 1 N–H and O–H groups in total. The Morgan fingerprint density at radius 2 is 2.07 bits per heavy atom. The van der Waals surface area contributed by atoms with Gasteiger partial charge in [0.1, 0.15) is 0 Å². The van der Waals surface area contributed by atoms with Crippen molar-refractivity contribution in [3.8, 4) is 0 Å². The van der Waals surface area contributed by atoms with E-state index < -0.39 is 5.97 Å². The van der Waals surface area contributed by atoms with Crippen LogP contribution >= 0.6 is 0 Å². The normalized spacial score (nSPS) is 12.9. The number of hydrogen-bond acceptors (Lipinski definition) is 1. The van der Waals surface area contributed by atoms with E-state index in [0.717, 1.165) is 6.42 Å². The summed E-state index contributed by atoms with van der Waals surface area (Å²) < 4.78 is 0. The summed E-state index contributed by atoms with van der Waals surface area (Å²) in [6, 6.07) is 10.2. The monoisotopic (exact) mass is 204 g/mol. The number of carbonyl (C=O) groups is 1. The Morgan fingerprint density at radius 1 is 1.40 bits per heavy atom. The molecule has 0 fully saturated rings. The molecule has 0 aliphatic carbocycles. The lowest BCUT2D eigenvalue weighted by Gasteiger charge is -2.05. The highest BCUT2D eigenvalue weighted by molar-refractivity contribution is 5.68. The van der Waals surface area contributed by atoms with Crippen LogP contribution in [-0.4, -0.2) is 11.1 Å². The summed E-state index contributed by atoms with van der Waals surface area (Å²) in [5.41, 5.74) is 1.28. The average molecular weight is 204 g/mol. The Balaban J connectivity index is 2.39. The standard InChI is InChI=1S/C13H16O2/c1-11(6-5-9-13(14)15)10-12-7-3-2-4-8-12/h2-8,11H,9-10H2,1H3,(H,14,15)/b6-5+. The third-order valence-electron chi connectivity index (χ3n) is 2.16. The molecule has 1 atom stereocenters. The molecule has 0 saturated heterocycles. The predicted molar refractivity (Wildman–Crippen MR) is 60.7 cm³/mol. The summed E-state index contributed by atoms with van der Waals surface area (Å²) in [6.45, 7) is 2.09. The zero-order valence-corrected chi connectivity index (χ0v) is 8.89. The van der Waals surface area contributed by atoms with Crippen molar-refractivity contribution in [1.29, 1.82) is 0 Å². The van der Waals surface area contributed by atoms with E-state index in [1.54, 1.807) is 6.08 Å². The molecule has 2 nitrogen and oxygen atoms in total. The van der Waals surface area contributed by atoms with Gasteiger partial charge in [-0.1, -0.05) is 49.4 Å². The summed E-state index contributed by atoms with van der Waals surface area (Å²) in [7, 11) is 0. The van der Waals surface area contributed by atoms with E-state index in [-0.39, 0.29) is 6.42 Å². The first-order valence-electron chi connectivity index (χ1n) is 5.11. The van der Waals surface area contributed by atoms with Crippen LogP contribution in [0.2, 0.25) is 0 Å². The molecule has 0 amide bonds. The second-order valence-electron chi connectivity index (χ2n) is 3.69. The van der Waals surface area contributed by atoms with Crippen molar-refractivity contribution in [1.82, 2.24) is 0 Å². The highest BCUT2D eigenvalue weighted by Gasteiger charge is 1.99. The van der Waals surface area contributed by atoms with E-state index in [1.165, 1.54) is 5.56 Å². The summed E-state index contributed by atoms with van der Waals surface area (Å²) in [6.07, 6.45) is 4.74. The lowest BCUT2D eigenvalue weighted by atomic mass is 10.0. The lowest BCUT2D eigenvalue weighted by Crippen LogP contribution is -1.96. The summed E-state index contributed by atoms with van der Waals surface area (Å²) in [4.78, 5) is 10.3. The van der Waals surface area contributed by atoms with Crippen LogP contribution in [0.3, 0.4) is 0 Å². The fourth-order valence-corrected chi connectivity index (χ4v) is 1.46. The smallest absolute Gasteiger partial charge is 0.307 e. The first-order valence-corrected chi connectivity index (χ1v) is 5.11. The van der Waals surface area contributed by atoms with Crippen LogP contribution in [0, 0.1) is 5.92 Å². The number of hydrogen-bond donors (Lipinski definition) is 1. The van der Waals surface area contributed by atoms with Crippen LogP contribution in [0.5, 0.6) is 0 Å². The van der Waals surface area contributed by atoms with Gasteiger partial charge in [0.25, 0.3) is 0 Å². The fraction of sp³-hybridized carbons (Fsp3) is 0.308. The molecular formula is C13H16O2. The Kier molecular flexibility index (Phi) is 4.61. The van der Waals surface area contributed by atoms with Gasteiger partial charge in [-0.15, -0.1) is 0 Å². The number of benzene rings is 1. The maximum atomic E-state index is 10.3. The van der Waals surface area contributed by atoms with E-state index in [0.29, 0.717) is 5.92 Å². The van der Waals surface area contributed by atoms with Crippen molar-refractivity contribution in [3.63, 3.8) is 0 Å². The van der Waals surface area contributed by atoms with E-state index in [2.05, 4.69) is 19.1 Å². The molecule has 0 aliphatic heterocycles. The number of carboxylic acids is 1. The average Bonchev–Trinajstić information content (AvgIpc) is 2.18. The quantitative estimate of drug-likeness (QED) is 0.749. The molecule has 15 heavy (non-hydrogen) atoms. The second kappa shape index (κ2) is 6.02. The number of rotatable bonds is 5. The number of aliphatic carboxylic acids is 1. The van der Waals surface area contributed by atoms with Gasteiger partial charge in [-0.3, -0.25) is 4.79 Å². The van der Waals surface area contributed by atoms with Gasteiger partial charge in [0.05, 0.1) is 6.42 Å². The molecule has 0 bridgehead atoms. The van der Waals surface area contributed by atoms with Crippen molar-refractivity contribution >= 4 is 5.97 Å². The molecule has 1 aromatic carbocycles. The minimum absolute atomic E-state index is 0.110. The van der Waals surface area contributed by atoms with Crippen molar-refractivity contribution in [2.45, 2.75) is 19.8 Å². The molecule has 1 rings (SSSR count). The van der Waals surface area contributed by atoms with Gasteiger partial charge in [-0.25, -0.2) is 0 Å². The van der Waals surface area contributed by atoms with Gasteiger partial charge in [-0.05, 0) is 17.9 Å². The van der Waals surface area contributed by atoms with Gasteiger partial charge in [0, 0.05) is 0 Å². The molecule has 0 saturated carbocycles. The molecule has 2 heteroatoms. The van der Waals surface area contributed by atoms with Gasteiger partial charge < -0.3 is 5.11 Å². The van der Waals surface area contributed by atoms with Gasteiger partial charge in [-0.2, -0.15) is 0 Å². The van der Waals surface area contributed by atoms with E-state index in [1.807, 2.05) is 24.3 Å². The van der Waals surface area contributed by atoms with Gasteiger partial charge in [0.15, 0.2) is 0 Å². The largest absolute Gasteiger partial charge is 0.481 e. The molecule has 0 aromatic heterocycles. The Morgan fingerprint density at radius 3 is 2.67 bits per heavy atom. The predicted octanol–water partition coefficient (Wildman–Crippen LogP) is 2.90. The summed E-state index contributed by atoms with van der Waals surface area (Å²) >= 11 is 0. The maximum absolute atomic E-state index is 10.3. The molecule has 0 heterocycles. The van der Waals surface area contributed by atoms with E-state index >= 15 is 0 Å². The highest BCUT2D eigenvalue weighted by atomic mass is 16.4. The van der Waals surface area contributed by atoms with Crippen LogP contribution < -0.4 is 0 Å². The second-order valence-corrected chi connectivity index (χ2v) is 3.69. The number of carboxylic acid groups (broad SMARTS) is 1. The zero-order valence-electron chi connectivity index (χ0n) is 8.89. The van der Waals surface area contributed by atoms with Crippen molar-refractivity contribution in [2.75, 3.05) is 0 Å². The third-order valence-corrected chi connectivity index (χ3v) is 2.16. The fourth-order valence-electron chi connectivity index (χ4n) is 1.46. The van der Waals surface area contributed by atoms with Gasteiger partial charge >= 0.3 is 5.97 Å². The van der Waals surface area contributed by atoms with Crippen LogP contribution in [0.1, 0.15) is 18.9 Å². The summed E-state index contributed by atoms with van der Waals surface area (Å²) in [5, 5.41) is 8.46. The molecule has 80 valence electrons. The third kappa shape index (κ3) is 5.01. The first kappa shape index (κ1) is 11.5. The van der Waals surface area contributed by atoms with Crippen molar-refractivity contribution < 1.29 is 9.90 Å². The molecule has 1 unspecified atom stereocenters. The molecule has 0 radical (unpaired) electrons. The van der Waals surface area contributed by atoms with Crippen LogP contribution in [0.25, 0.3) is 0 Å². The topological polar surface area (TPSA) is 37.3 Å². The van der Waals surface area contributed by atoms with Crippen LogP contribution in [0.4, 0.5) is 0 Å². The van der Waals surface area contributed by atoms with Gasteiger partial charge in [0.2, 0.25) is 0 Å². The van der Waals surface area contributed by atoms with Crippen LogP contribution in [-0.2, 0) is 11.2 Å². The highest BCUT2D eigenvalue weighted by Crippen LogP contribution is 2.09. The zero-order chi connectivity index (χ0) is 11.1. The lowest BCUT2D eigenvalue weighted by molar-refractivity contribution is -0.136. The SMILES string of the molecule is CC(/C=C/CC(=O)O)Cc1ccccc1. The minimum atomic E-state index is -0.779. The molecule has 1 aromatic rings. The minimum Gasteiger partial charge on any atom is -0.481 e. The molecule has 0 spiro atoms. The van der Waals surface area contributed by atoms with Crippen LogP contribution in [0.15, 0.2) is 42.5 Å². The van der Waals surface area contributed by atoms with E-state index in [4.69, 9.17) is 5.11 Å². The Labute approximate surface area is 90.3 Å². The van der Waals surface area contributed by atoms with Crippen molar-refractivity contribution in [3.05, 3.63) is 48.0 Å². The molecule has 0 aliphatic rings. The maximum Gasteiger partial charge on any atom is 0.307 e. The van der Waals surface area contributed by atoms with Crippen molar-refractivity contribution in [2.24, 2.45) is 5.92 Å². The number of allylic oxidation sites excluding steroid dienone is 1. The first-order chi connectivity index (χ1) is 7.18.